The van der Waals surface area contributed by atoms with Crippen LogP contribution in [-0.4, -0.2) is 10.9 Å². The Kier molecular flexibility index (Phi) is 2.61. The average Bonchev–Trinajstić information content (AvgIpc) is 1.38. The van der Waals surface area contributed by atoms with Gasteiger partial charge in [0.05, 0.1) is 0 Å². The van der Waals surface area contributed by atoms with Gasteiger partial charge in [0.25, 0.3) is 0 Å². The molecule has 31 valence electrons. The molecule has 0 aliphatic heterocycles. The van der Waals surface area contributed by atoms with Gasteiger partial charge in [0.15, 0.2) is 0 Å². The van der Waals surface area contributed by atoms with Crippen LogP contribution < -0.4 is 5.73 Å². The molecule has 0 heterocycles. The summed E-state index contributed by atoms with van der Waals surface area (Å²) in [5.41, 5.74) is 4.80. The van der Waals surface area contributed by atoms with Gasteiger partial charge in [0.2, 0.25) is 0 Å². The zero-order chi connectivity index (χ0) is 4.28. The summed E-state index contributed by atoms with van der Waals surface area (Å²) in [6.45, 7) is 0.136. The summed E-state index contributed by atoms with van der Waals surface area (Å²) < 4.78 is -0.0376. The second-order valence-corrected chi connectivity index (χ2v) is 1.51. The van der Waals surface area contributed by atoms with Crippen LogP contribution in [0.2, 0.25) is 0 Å². The number of hydrogen-bond acceptors (Lipinski definition) is 2. The molecule has 0 saturated carbocycles. The normalized spacial score (nSPS) is 7.60. The molecule has 0 bridgehead atoms. The van der Waals surface area contributed by atoms with Gasteiger partial charge in [-0.1, -0.05) is 0 Å². The van der Waals surface area contributed by atoms with E-state index in [1.54, 1.807) is 0 Å². The van der Waals surface area contributed by atoms with Gasteiger partial charge in [-0.3, -0.25) is 0 Å². The van der Waals surface area contributed by atoms with Gasteiger partial charge in [-0.05, 0) is 0 Å². The third kappa shape index (κ3) is 4.25. The van der Waals surface area contributed by atoms with Crippen LogP contribution in [0, 0.1) is 0 Å². The van der Waals surface area contributed by atoms with E-state index in [1.807, 2.05) is 18.3 Å². The second-order valence-electron chi connectivity index (χ2n) is 0.546. The molecule has 0 unspecified atom stereocenters. The van der Waals surface area contributed by atoms with Crippen molar-refractivity contribution < 1.29 is 23.1 Å². The third-order valence-electron chi connectivity index (χ3n) is 0.156. The molecular weight excluding hydrogens is 155 g/mol. The van der Waals surface area contributed by atoms with Gasteiger partial charge in [-0.15, -0.1) is 0 Å². The summed E-state index contributed by atoms with van der Waals surface area (Å²) in [6.07, 6.45) is 0. The van der Waals surface area contributed by atoms with Crippen molar-refractivity contribution in [3.8, 4) is 0 Å². The molecular formula is C2H4NORu. The monoisotopic (exact) mass is 160 g/mol. The van der Waals surface area contributed by atoms with E-state index in [-0.39, 0.29) is 10.9 Å². The molecule has 0 saturated heterocycles. The molecule has 2 N–H and O–H groups in total. The molecule has 0 aliphatic rings. The SMILES string of the molecule is NC[C](=O)[Ru]. The minimum atomic E-state index is -0.0376. The van der Waals surface area contributed by atoms with Gasteiger partial charge in [0, 0.05) is 0 Å². The van der Waals surface area contributed by atoms with Crippen LogP contribution in [-0.2, 0) is 23.1 Å². The van der Waals surface area contributed by atoms with E-state index in [1.165, 1.54) is 0 Å². The van der Waals surface area contributed by atoms with E-state index in [2.05, 4.69) is 0 Å². The fourth-order valence-corrected chi connectivity index (χ4v) is 0. The van der Waals surface area contributed by atoms with Gasteiger partial charge in [0.1, 0.15) is 0 Å². The Morgan fingerprint density at radius 2 is 2.20 bits per heavy atom. The maximum absolute atomic E-state index is 9.66. The fraction of sp³-hybridized carbons (Fsp3) is 0.500. The van der Waals surface area contributed by atoms with Crippen LogP contribution >= 0.6 is 0 Å². The van der Waals surface area contributed by atoms with Crippen molar-refractivity contribution in [2.75, 3.05) is 6.54 Å². The summed E-state index contributed by atoms with van der Waals surface area (Å²) in [5, 5.41) is 0. The van der Waals surface area contributed by atoms with E-state index in [4.69, 9.17) is 5.73 Å². The molecule has 0 amide bonds. The molecule has 0 aromatic rings. The van der Waals surface area contributed by atoms with Crippen LogP contribution in [0.25, 0.3) is 0 Å². The summed E-state index contributed by atoms with van der Waals surface area (Å²) in [6, 6.07) is 0. The molecule has 0 aromatic carbocycles. The predicted octanol–water partition coefficient (Wildman–Crippen LogP) is -0.982. The number of carbonyl (C=O) groups excluding carboxylic acids is 1. The van der Waals surface area contributed by atoms with Crippen molar-refractivity contribution in [2.45, 2.75) is 0 Å². The Bertz CT molecular complexity index is 44.9. The molecule has 0 fully saturated rings. The summed E-state index contributed by atoms with van der Waals surface area (Å²) >= 11 is 1.89. The predicted molar refractivity (Wildman–Crippen MR) is 14.1 cm³/mol. The Labute approximate surface area is 40.4 Å². The first-order valence-corrected chi connectivity index (χ1v) is 2.01. The van der Waals surface area contributed by atoms with Crippen molar-refractivity contribution in [3.05, 3.63) is 0 Å². The Hall–Kier alpha value is 0.253. The zero-order valence-corrected chi connectivity index (χ0v) is 4.28. The van der Waals surface area contributed by atoms with Gasteiger partial charge in [-0.25, -0.2) is 0 Å². The van der Waals surface area contributed by atoms with Crippen molar-refractivity contribution in [1.29, 1.82) is 0 Å². The number of rotatable bonds is 1. The van der Waals surface area contributed by atoms with E-state index >= 15 is 0 Å². The van der Waals surface area contributed by atoms with Gasteiger partial charge >= 0.3 is 39.8 Å². The third-order valence-corrected chi connectivity index (χ3v) is 0.510. The van der Waals surface area contributed by atoms with E-state index in [9.17, 15) is 4.79 Å². The Morgan fingerprint density at radius 1 is 2.00 bits per heavy atom. The van der Waals surface area contributed by atoms with Crippen LogP contribution in [0.5, 0.6) is 0 Å². The Morgan fingerprint density at radius 3 is 2.20 bits per heavy atom. The zero-order valence-electron chi connectivity index (χ0n) is 2.55. The summed E-state index contributed by atoms with van der Waals surface area (Å²) in [5.74, 6) is 0. The molecule has 5 heavy (non-hydrogen) atoms. The van der Waals surface area contributed by atoms with E-state index in [0.29, 0.717) is 0 Å². The Balaban J connectivity index is 2.85. The number of hydrogen-bond donors (Lipinski definition) is 1. The van der Waals surface area contributed by atoms with E-state index in [0.717, 1.165) is 0 Å². The quantitative estimate of drug-likeness (QED) is 0.499. The van der Waals surface area contributed by atoms with Crippen molar-refractivity contribution in [2.24, 2.45) is 5.73 Å². The fourth-order valence-electron chi connectivity index (χ4n) is 0. The van der Waals surface area contributed by atoms with Gasteiger partial charge < -0.3 is 0 Å². The van der Waals surface area contributed by atoms with Crippen LogP contribution in [0.15, 0.2) is 0 Å². The van der Waals surface area contributed by atoms with Crippen molar-refractivity contribution in [3.63, 3.8) is 0 Å². The maximum atomic E-state index is 9.66. The van der Waals surface area contributed by atoms with Gasteiger partial charge in [-0.2, -0.15) is 0 Å². The summed E-state index contributed by atoms with van der Waals surface area (Å²) in [7, 11) is 0. The molecule has 0 atom stereocenters. The standard InChI is InChI=1S/C2H4NO.Ru/c3-1-2-4;/h1,3H2;. The average molecular weight is 159 g/mol. The number of carbonyl (C=O) groups is 1. The molecule has 0 rings (SSSR count). The molecule has 0 aromatic heterocycles. The molecule has 3 heteroatoms. The summed E-state index contributed by atoms with van der Waals surface area (Å²) in [4.78, 5) is 9.66. The molecule has 0 radical (unpaired) electrons. The first-order chi connectivity index (χ1) is 2.27. The van der Waals surface area contributed by atoms with Crippen LogP contribution in [0.4, 0.5) is 0 Å². The van der Waals surface area contributed by atoms with Crippen LogP contribution in [0.1, 0.15) is 0 Å². The number of nitrogens with two attached hydrogens (primary N) is 1. The molecule has 2 nitrogen and oxygen atoms in total. The topological polar surface area (TPSA) is 43.1 Å². The van der Waals surface area contributed by atoms with Crippen LogP contribution in [0.3, 0.4) is 0 Å². The van der Waals surface area contributed by atoms with Crippen molar-refractivity contribution in [1.82, 2.24) is 0 Å². The molecule has 0 spiro atoms. The van der Waals surface area contributed by atoms with E-state index < -0.39 is 0 Å². The second kappa shape index (κ2) is 2.49. The minimum absolute atomic E-state index is 0.0376. The first-order valence-electron chi connectivity index (χ1n) is 1.14. The molecule has 0 aliphatic carbocycles. The van der Waals surface area contributed by atoms with Crippen molar-refractivity contribution >= 4 is 4.38 Å². The first kappa shape index (κ1) is 5.25.